The maximum absolute atomic E-state index is 11.9. The van der Waals surface area contributed by atoms with E-state index >= 15 is 0 Å². The number of hydrogen-bond acceptors (Lipinski definition) is 2. The lowest BCUT2D eigenvalue weighted by atomic mass is 9.77. The van der Waals surface area contributed by atoms with Crippen molar-refractivity contribution in [3.8, 4) is 0 Å². The quantitative estimate of drug-likeness (QED) is 0.438. The molecule has 1 rings (SSSR count). The molecule has 2 nitrogen and oxygen atoms in total. The zero-order chi connectivity index (χ0) is 12.2. The van der Waals surface area contributed by atoms with Crippen LogP contribution >= 0.6 is 22.6 Å². The minimum atomic E-state index is -0.173. The largest absolute Gasteiger partial charge is 0.458 e. The number of ether oxygens (including phenoxy) is 1. The van der Waals surface area contributed by atoms with Crippen molar-refractivity contribution in [1.82, 2.24) is 0 Å². The Bertz CT molecular complexity index is 232. The third-order valence-electron chi connectivity index (χ3n) is 3.67. The lowest BCUT2D eigenvalue weighted by Gasteiger charge is -2.40. The number of carbonyl (C=O) groups is 1. The van der Waals surface area contributed by atoms with E-state index in [1.54, 1.807) is 0 Å². The molecular weight excluding hydrogens is 315 g/mol. The lowest BCUT2D eigenvalue weighted by Crippen LogP contribution is -2.43. The normalized spacial score (nSPS) is 21.8. The van der Waals surface area contributed by atoms with E-state index in [4.69, 9.17) is 4.74 Å². The van der Waals surface area contributed by atoms with Crippen LogP contribution in [0.2, 0.25) is 0 Å². The average molecular weight is 338 g/mol. The Hall–Kier alpha value is 0.200. The van der Waals surface area contributed by atoms with Gasteiger partial charge in [0.05, 0.1) is 0 Å². The molecule has 0 heterocycles. The van der Waals surface area contributed by atoms with E-state index in [-0.39, 0.29) is 15.5 Å². The number of carbonyl (C=O) groups excluding carboxylic acids is 1. The van der Waals surface area contributed by atoms with E-state index in [0.29, 0.717) is 5.92 Å². The molecule has 0 aromatic carbocycles. The van der Waals surface area contributed by atoms with E-state index in [0.717, 1.165) is 19.3 Å². The first-order valence-electron chi connectivity index (χ1n) is 6.39. The fraction of sp³-hybridized carbons (Fsp3) is 0.923. The minimum Gasteiger partial charge on any atom is -0.458 e. The third kappa shape index (κ3) is 3.34. The summed E-state index contributed by atoms with van der Waals surface area (Å²) < 4.78 is 5.86. The minimum absolute atomic E-state index is 0.00940. The van der Waals surface area contributed by atoms with Crippen molar-refractivity contribution in [3.05, 3.63) is 0 Å². The lowest BCUT2D eigenvalue weighted by molar-refractivity contribution is -0.168. The van der Waals surface area contributed by atoms with Gasteiger partial charge in [-0.1, -0.05) is 49.8 Å². The summed E-state index contributed by atoms with van der Waals surface area (Å²) in [4.78, 5) is 11.9. The Kier molecular flexibility index (Phi) is 5.54. The highest BCUT2D eigenvalue weighted by Crippen LogP contribution is 2.38. The van der Waals surface area contributed by atoms with E-state index < -0.39 is 0 Å². The molecule has 0 spiro atoms. The van der Waals surface area contributed by atoms with Gasteiger partial charge >= 0.3 is 5.97 Å². The summed E-state index contributed by atoms with van der Waals surface area (Å²) in [6.45, 7) is 6.38. The van der Waals surface area contributed by atoms with Crippen molar-refractivity contribution in [2.45, 2.75) is 68.8 Å². The molecule has 1 aliphatic carbocycles. The van der Waals surface area contributed by atoms with Gasteiger partial charge in [0.15, 0.2) is 0 Å². The highest BCUT2D eigenvalue weighted by Gasteiger charge is 2.39. The first-order valence-corrected chi connectivity index (χ1v) is 7.63. The highest BCUT2D eigenvalue weighted by atomic mass is 127. The SMILES string of the molecule is CCC(I)C(=O)OC1(C(C)C)CCCCC1. The van der Waals surface area contributed by atoms with Gasteiger partial charge < -0.3 is 4.74 Å². The van der Waals surface area contributed by atoms with Crippen LogP contribution in [0.15, 0.2) is 0 Å². The molecule has 0 aromatic rings. The molecule has 0 N–H and O–H groups in total. The van der Waals surface area contributed by atoms with Gasteiger partial charge in [0.1, 0.15) is 9.53 Å². The van der Waals surface area contributed by atoms with Crippen LogP contribution in [0.25, 0.3) is 0 Å². The Labute approximate surface area is 113 Å². The van der Waals surface area contributed by atoms with Crippen molar-refractivity contribution in [2.75, 3.05) is 0 Å². The second-order valence-electron chi connectivity index (χ2n) is 5.08. The summed E-state index contributed by atoms with van der Waals surface area (Å²) in [6, 6.07) is 0. The number of hydrogen-bond donors (Lipinski definition) is 0. The number of alkyl halides is 1. The van der Waals surface area contributed by atoms with Crippen LogP contribution in [0.1, 0.15) is 59.3 Å². The first-order chi connectivity index (χ1) is 7.52. The van der Waals surface area contributed by atoms with Gasteiger partial charge in [0.25, 0.3) is 0 Å². The molecular formula is C13H23IO2. The number of halogens is 1. The molecule has 0 saturated heterocycles. The molecule has 0 aromatic heterocycles. The van der Waals surface area contributed by atoms with Gasteiger partial charge in [0, 0.05) is 0 Å². The molecule has 1 saturated carbocycles. The van der Waals surface area contributed by atoms with Crippen LogP contribution in [-0.4, -0.2) is 15.5 Å². The molecule has 1 unspecified atom stereocenters. The number of esters is 1. The van der Waals surface area contributed by atoms with Gasteiger partial charge in [-0.15, -0.1) is 0 Å². The summed E-state index contributed by atoms with van der Waals surface area (Å²) in [5.74, 6) is 0.413. The van der Waals surface area contributed by atoms with Gasteiger partial charge in [-0.25, -0.2) is 0 Å². The van der Waals surface area contributed by atoms with E-state index in [1.807, 2.05) is 6.92 Å². The van der Waals surface area contributed by atoms with Crippen LogP contribution in [-0.2, 0) is 9.53 Å². The topological polar surface area (TPSA) is 26.3 Å². The number of rotatable bonds is 4. The average Bonchev–Trinajstić information content (AvgIpc) is 2.28. The Morgan fingerprint density at radius 2 is 1.88 bits per heavy atom. The second kappa shape index (κ2) is 6.22. The van der Waals surface area contributed by atoms with Crippen molar-refractivity contribution >= 4 is 28.6 Å². The molecule has 3 heteroatoms. The molecule has 0 radical (unpaired) electrons. The maximum Gasteiger partial charge on any atom is 0.319 e. The molecule has 0 bridgehead atoms. The fourth-order valence-electron chi connectivity index (χ4n) is 2.38. The van der Waals surface area contributed by atoms with Crippen LogP contribution in [0, 0.1) is 5.92 Å². The zero-order valence-corrected chi connectivity index (χ0v) is 12.7. The fourth-order valence-corrected chi connectivity index (χ4v) is 2.51. The molecule has 0 amide bonds. The van der Waals surface area contributed by atoms with Crippen LogP contribution < -0.4 is 0 Å². The summed E-state index contributed by atoms with van der Waals surface area (Å²) in [5, 5.41) is 0. The summed E-state index contributed by atoms with van der Waals surface area (Å²) in [7, 11) is 0. The Morgan fingerprint density at radius 1 is 1.31 bits per heavy atom. The zero-order valence-electron chi connectivity index (χ0n) is 10.6. The van der Waals surface area contributed by atoms with Crippen molar-refractivity contribution in [3.63, 3.8) is 0 Å². The molecule has 0 aliphatic heterocycles. The van der Waals surface area contributed by atoms with Gasteiger partial charge in [0.2, 0.25) is 0 Å². The Morgan fingerprint density at radius 3 is 2.31 bits per heavy atom. The maximum atomic E-state index is 11.9. The third-order valence-corrected chi connectivity index (χ3v) is 5.06. The van der Waals surface area contributed by atoms with Crippen molar-refractivity contribution in [2.24, 2.45) is 5.92 Å². The monoisotopic (exact) mass is 338 g/mol. The van der Waals surface area contributed by atoms with Crippen molar-refractivity contribution in [1.29, 1.82) is 0 Å². The van der Waals surface area contributed by atoms with Crippen LogP contribution in [0.3, 0.4) is 0 Å². The van der Waals surface area contributed by atoms with Crippen LogP contribution in [0.5, 0.6) is 0 Å². The van der Waals surface area contributed by atoms with Gasteiger partial charge in [-0.2, -0.15) is 0 Å². The van der Waals surface area contributed by atoms with E-state index in [9.17, 15) is 4.79 Å². The molecule has 1 aliphatic rings. The molecule has 16 heavy (non-hydrogen) atoms. The molecule has 1 atom stereocenters. The molecule has 94 valence electrons. The smallest absolute Gasteiger partial charge is 0.319 e. The first kappa shape index (κ1) is 14.3. The van der Waals surface area contributed by atoms with E-state index in [1.165, 1.54) is 19.3 Å². The summed E-state index contributed by atoms with van der Waals surface area (Å²) in [6.07, 6.45) is 6.63. The van der Waals surface area contributed by atoms with Crippen molar-refractivity contribution < 1.29 is 9.53 Å². The van der Waals surface area contributed by atoms with Gasteiger partial charge in [-0.3, -0.25) is 4.79 Å². The highest BCUT2D eigenvalue weighted by molar-refractivity contribution is 14.1. The van der Waals surface area contributed by atoms with Gasteiger partial charge in [-0.05, 0) is 38.0 Å². The standard InChI is InChI=1S/C13H23IO2/c1-4-11(14)12(15)16-13(10(2)3)8-6-5-7-9-13/h10-11H,4-9H2,1-3H3. The van der Waals surface area contributed by atoms with Crippen LogP contribution in [0.4, 0.5) is 0 Å². The predicted molar refractivity (Wildman–Crippen MR) is 74.8 cm³/mol. The second-order valence-corrected chi connectivity index (χ2v) is 6.58. The predicted octanol–water partition coefficient (Wildman–Crippen LogP) is 4.10. The van der Waals surface area contributed by atoms with E-state index in [2.05, 4.69) is 36.4 Å². The Balaban J connectivity index is 2.67. The molecule has 1 fully saturated rings. The summed E-state index contributed by atoms with van der Waals surface area (Å²) >= 11 is 2.18. The summed E-state index contributed by atoms with van der Waals surface area (Å²) in [5.41, 5.74) is -0.173.